The minimum Gasteiger partial charge on any atom is -0.486 e. The second kappa shape index (κ2) is 6.81. The second-order valence-corrected chi connectivity index (χ2v) is 5.30. The third-order valence-corrected chi connectivity index (χ3v) is 3.21. The molecular weight excluding hydrogens is 280 g/mol. The molecule has 1 aromatic carbocycles. The normalized spacial score (nSPS) is 13.4. The van der Waals surface area contributed by atoms with Gasteiger partial charge < -0.3 is 19.7 Å². The van der Waals surface area contributed by atoms with Crippen LogP contribution in [-0.2, 0) is 0 Å². The van der Waals surface area contributed by atoms with Crippen LogP contribution in [0.25, 0.3) is 0 Å². The number of carbonyl (C=O) groups is 1. The summed E-state index contributed by atoms with van der Waals surface area (Å²) in [6.45, 7) is 2.51. The number of nitrogens with zero attached hydrogens (tertiary/aromatic N) is 1. The lowest BCUT2D eigenvalue weighted by molar-refractivity contribution is 0.0951. The van der Waals surface area contributed by atoms with Crippen molar-refractivity contribution < 1.29 is 14.3 Å². The third-order valence-electron chi connectivity index (χ3n) is 2.93. The van der Waals surface area contributed by atoms with Crippen molar-refractivity contribution in [2.45, 2.75) is 6.42 Å². The first-order chi connectivity index (χ1) is 9.58. The molecule has 2 rings (SSSR count). The zero-order valence-electron chi connectivity index (χ0n) is 11.7. The zero-order valence-corrected chi connectivity index (χ0v) is 12.5. The highest BCUT2D eigenvalue weighted by Gasteiger charge is 2.19. The monoisotopic (exact) mass is 298 g/mol. The van der Waals surface area contributed by atoms with Crippen LogP contribution in [0.3, 0.4) is 0 Å². The summed E-state index contributed by atoms with van der Waals surface area (Å²) in [5.74, 6) is 0.895. The Balaban J connectivity index is 1.98. The molecule has 1 amide bonds. The molecule has 0 aliphatic carbocycles. The van der Waals surface area contributed by atoms with Crippen LogP contribution >= 0.6 is 11.6 Å². The number of carbonyl (C=O) groups excluding carboxylic acids is 1. The zero-order chi connectivity index (χ0) is 14.5. The van der Waals surface area contributed by atoms with Gasteiger partial charge in [0.05, 0.1) is 5.02 Å². The molecule has 0 bridgehead atoms. The standard InChI is InChI=1S/C14H19ClN2O3/c1-17(2)5-3-4-16-14(18)10-8-11(15)13-12(9-10)19-6-7-20-13/h8-9H,3-7H2,1-2H3,(H,16,18). The number of nitrogens with one attached hydrogen (secondary N) is 1. The highest BCUT2D eigenvalue weighted by atomic mass is 35.5. The van der Waals surface area contributed by atoms with Gasteiger partial charge in [-0.25, -0.2) is 0 Å². The molecule has 0 spiro atoms. The fourth-order valence-corrected chi connectivity index (χ4v) is 2.21. The summed E-state index contributed by atoms with van der Waals surface area (Å²) in [4.78, 5) is 14.1. The Bertz CT molecular complexity index is 492. The van der Waals surface area contributed by atoms with Gasteiger partial charge in [-0.1, -0.05) is 11.6 Å². The van der Waals surface area contributed by atoms with Crippen molar-refractivity contribution in [1.29, 1.82) is 0 Å². The largest absolute Gasteiger partial charge is 0.486 e. The summed E-state index contributed by atoms with van der Waals surface area (Å²) in [5.41, 5.74) is 0.490. The van der Waals surface area contributed by atoms with Crippen molar-refractivity contribution in [2.24, 2.45) is 0 Å². The van der Waals surface area contributed by atoms with Gasteiger partial charge in [0.1, 0.15) is 13.2 Å². The van der Waals surface area contributed by atoms with E-state index in [0.29, 0.717) is 41.8 Å². The summed E-state index contributed by atoms with van der Waals surface area (Å²) in [5, 5.41) is 3.27. The summed E-state index contributed by atoms with van der Waals surface area (Å²) < 4.78 is 10.9. The predicted octanol–water partition coefficient (Wildman–Crippen LogP) is 1.79. The fourth-order valence-electron chi connectivity index (χ4n) is 1.94. The van der Waals surface area contributed by atoms with Crippen molar-refractivity contribution in [2.75, 3.05) is 40.4 Å². The Labute approximate surface area is 123 Å². The van der Waals surface area contributed by atoms with Crippen molar-refractivity contribution in [3.63, 3.8) is 0 Å². The predicted molar refractivity (Wildman–Crippen MR) is 77.9 cm³/mol. The quantitative estimate of drug-likeness (QED) is 0.842. The SMILES string of the molecule is CN(C)CCCNC(=O)c1cc(Cl)c2c(c1)OCCO2. The lowest BCUT2D eigenvalue weighted by atomic mass is 10.1. The minimum atomic E-state index is -0.150. The van der Waals surface area contributed by atoms with Crippen LogP contribution in [0, 0.1) is 0 Å². The lowest BCUT2D eigenvalue weighted by Gasteiger charge is -2.20. The van der Waals surface area contributed by atoms with E-state index in [1.807, 2.05) is 14.1 Å². The first-order valence-corrected chi connectivity index (χ1v) is 6.98. The van der Waals surface area contributed by atoms with Gasteiger partial charge in [-0.05, 0) is 39.2 Å². The number of hydrogen-bond acceptors (Lipinski definition) is 4. The number of benzene rings is 1. The Morgan fingerprint density at radius 3 is 2.85 bits per heavy atom. The van der Waals surface area contributed by atoms with E-state index in [4.69, 9.17) is 21.1 Å². The van der Waals surface area contributed by atoms with Crippen LogP contribution in [0.4, 0.5) is 0 Å². The highest BCUT2D eigenvalue weighted by molar-refractivity contribution is 6.32. The topological polar surface area (TPSA) is 50.8 Å². The molecule has 110 valence electrons. The summed E-state index contributed by atoms with van der Waals surface area (Å²) in [7, 11) is 4.00. The Morgan fingerprint density at radius 2 is 2.10 bits per heavy atom. The van der Waals surface area contributed by atoms with E-state index in [1.54, 1.807) is 12.1 Å². The molecule has 1 aliphatic heterocycles. The summed E-state index contributed by atoms with van der Waals surface area (Å²) in [6.07, 6.45) is 0.900. The van der Waals surface area contributed by atoms with Gasteiger partial charge in [0, 0.05) is 12.1 Å². The molecule has 1 aliphatic rings. The maximum atomic E-state index is 12.0. The number of halogens is 1. The second-order valence-electron chi connectivity index (χ2n) is 4.89. The number of amides is 1. The van der Waals surface area contributed by atoms with Crippen LogP contribution in [0.15, 0.2) is 12.1 Å². The van der Waals surface area contributed by atoms with Crippen LogP contribution < -0.4 is 14.8 Å². The molecule has 6 heteroatoms. The lowest BCUT2D eigenvalue weighted by Crippen LogP contribution is -2.27. The Morgan fingerprint density at radius 1 is 1.35 bits per heavy atom. The van der Waals surface area contributed by atoms with E-state index in [2.05, 4.69) is 10.2 Å². The summed E-state index contributed by atoms with van der Waals surface area (Å²) >= 11 is 6.10. The van der Waals surface area contributed by atoms with Crippen molar-refractivity contribution >= 4 is 17.5 Å². The smallest absolute Gasteiger partial charge is 0.251 e. The molecule has 20 heavy (non-hydrogen) atoms. The third kappa shape index (κ3) is 3.77. The van der Waals surface area contributed by atoms with Gasteiger partial charge in [0.2, 0.25) is 0 Å². The molecule has 1 aromatic rings. The molecular formula is C14H19ClN2O3. The first-order valence-electron chi connectivity index (χ1n) is 6.60. The molecule has 0 unspecified atom stereocenters. The van der Waals surface area contributed by atoms with E-state index in [0.717, 1.165) is 13.0 Å². The van der Waals surface area contributed by atoms with E-state index in [9.17, 15) is 4.79 Å². The van der Waals surface area contributed by atoms with E-state index < -0.39 is 0 Å². The van der Waals surface area contributed by atoms with Crippen molar-refractivity contribution in [3.8, 4) is 11.5 Å². The number of fused-ring (bicyclic) bond motifs is 1. The maximum Gasteiger partial charge on any atom is 0.251 e. The Hall–Kier alpha value is -1.46. The number of rotatable bonds is 5. The van der Waals surface area contributed by atoms with Crippen molar-refractivity contribution in [1.82, 2.24) is 10.2 Å². The molecule has 0 radical (unpaired) electrons. The molecule has 0 fully saturated rings. The van der Waals surface area contributed by atoms with Gasteiger partial charge in [-0.15, -0.1) is 0 Å². The molecule has 5 nitrogen and oxygen atoms in total. The van der Waals surface area contributed by atoms with Crippen molar-refractivity contribution in [3.05, 3.63) is 22.7 Å². The molecule has 0 aromatic heterocycles. The number of ether oxygens (including phenoxy) is 2. The minimum absolute atomic E-state index is 0.150. The van der Waals surface area contributed by atoms with Gasteiger partial charge in [0.25, 0.3) is 5.91 Å². The molecule has 1 N–H and O–H groups in total. The van der Waals surface area contributed by atoms with Gasteiger partial charge in [0.15, 0.2) is 11.5 Å². The molecule has 0 atom stereocenters. The molecule has 0 saturated heterocycles. The highest BCUT2D eigenvalue weighted by Crippen LogP contribution is 2.38. The van der Waals surface area contributed by atoms with Crippen LogP contribution in [0.2, 0.25) is 5.02 Å². The number of hydrogen-bond donors (Lipinski definition) is 1. The average Bonchev–Trinajstić information content (AvgIpc) is 2.43. The molecule has 1 heterocycles. The van der Waals surface area contributed by atoms with Gasteiger partial charge >= 0.3 is 0 Å². The molecule has 0 saturated carbocycles. The van der Waals surface area contributed by atoms with E-state index in [1.165, 1.54) is 0 Å². The van der Waals surface area contributed by atoms with E-state index in [-0.39, 0.29) is 5.91 Å². The fraction of sp³-hybridized carbons (Fsp3) is 0.500. The average molecular weight is 299 g/mol. The van der Waals surface area contributed by atoms with Crippen LogP contribution in [0.5, 0.6) is 11.5 Å². The van der Waals surface area contributed by atoms with Gasteiger partial charge in [-0.2, -0.15) is 0 Å². The maximum absolute atomic E-state index is 12.0. The van der Waals surface area contributed by atoms with Crippen LogP contribution in [0.1, 0.15) is 16.8 Å². The first kappa shape index (κ1) is 14.9. The van der Waals surface area contributed by atoms with Gasteiger partial charge in [-0.3, -0.25) is 4.79 Å². The van der Waals surface area contributed by atoms with Crippen LogP contribution in [-0.4, -0.2) is 51.2 Å². The Kier molecular flexibility index (Phi) is 5.09. The summed E-state index contributed by atoms with van der Waals surface area (Å²) in [6, 6.07) is 3.28. The van der Waals surface area contributed by atoms with E-state index >= 15 is 0 Å².